The fourth-order valence-corrected chi connectivity index (χ4v) is 2.09. The summed E-state index contributed by atoms with van der Waals surface area (Å²) >= 11 is 6.20. The van der Waals surface area contributed by atoms with Gasteiger partial charge in [-0.25, -0.2) is 4.68 Å². The van der Waals surface area contributed by atoms with E-state index in [0.29, 0.717) is 10.7 Å². The lowest BCUT2D eigenvalue weighted by Gasteiger charge is -2.11. The van der Waals surface area contributed by atoms with Crippen LogP contribution in [0.15, 0.2) is 18.2 Å². The molecule has 0 aliphatic heterocycles. The summed E-state index contributed by atoms with van der Waals surface area (Å²) in [6.45, 7) is 6.67. The van der Waals surface area contributed by atoms with Crippen molar-refractivity contribution in [1.29, 1.82) is 0 Å². The lowest BCUT2D eigenvalue weighted by molar-refractivity contribution is 0.661. The Morgan fingerprint density at radius 2 is 2.11 bits per heavy atom. The highest BCUT2D eigenvalue weighted by Crippen LogP contribution is 2.30. The predicted molar refractivity (Wildman–Crippen MR) is 76.5 cm³/mol. The molecule has 0 atom stereocenters. The number of nitrogens with one attached hydrogen (secondary N) is 1. The van der Waals surface area contributed by atoms with E-state index in [4.69, 9.17) is 17.3 Å². The van der Waals surface area contributed by atoms with Crippen LogP contribution in [0.2, 0.25) is 5.02 Å². The average molecular weight is 265 g/mol. The molecule has 0 saturated carbocycles. The number of nitrogen functional groups attached to an aromatic ring is 1. The standard InChI is InChI=1S/C13H17ClN4/c1-4-18-13(12(15)9(3)17-18)16-11-6-5-8(2)7-10(11)14/h5-7,16H,4,15H2,1-3H3. The van der Waals surface area contributed by atoms with Crippen LogP contribution < -0.4 is 11.1 Å². The molecule has 18 heavy (non-hydrogen) atoms. The minimum Gasteiger partial charge on any atom is -0.394 e. The lowest BCUT2D eigenvalue weighted by atomic mass is 10.2. The second kappa shape index (κ2) is 4.90. The quantitative estimate of drug-likeness (QED) is 0.892. The molecule has 3 N–H and O–H groups in total. The molecule has 0 spiro atoms. The molecule has 4 nitrogen and oxygen atoms in total. The van der Waals surface area contributed by atoms with Crippen molar-refractivity contribution in [1.82, 2.24) is 9.78 Å². The predicted octanol–water partition coefficient (Wildman–Crippen LogP) is 3.50. The van der Waals surface area contributed by atoms with E-state index in [1.54, 1.807) is 0 Å². The Hall–Kier alpha value is -1.68. The molecule has 0 bridgehead atoms. The first kappa shape index (κ1) is 12.8. The second-order valence-corrected chi connectivity index (χ2v) is 4.68. The number of nitrogens with two attached hydrogens (primary N) is 1. The topological polar surface area (TPSA) is 55.9 Å². The summed E-state index contributed by atoms with van der Waals surface area (Å²) in [4.78, 5) is 0. The van der Waals surface area contributed by atoms with Crippen LogP contribution in [-0.2, 0) is 6.54 Å². The van der Waals surface area contributed by atoms with Gasteiger partial charge in [0.2, 0.25) is 0 Å². The molecule has 1 heterocycles. The molecule has 0 radical (unpaired) electrons. The number of anilines is 3. The zero-order valence-electron chi connectivity index (χ0n) is 10.8. The van der Waals surface area contributed by atoms with Gasteiger partial charge in [0.25, 0.3) is 0 Å². The van der Waals surface area contributed by atoms with E-state index < -0.39 is 0 Å². The third-order valence-electron chi connectivity index (χ3n) is 2.85. The Bertz CT molecular complexity index is 575. The molecule has 1 aromatic heterocycles. The highest BCUT2D eigenvalue weighted by molar-refractivity contribution is 6.33. The molecular weight excluding hydrogens is 248 g/mol. The zero-order chi connectivity index (χ0) is 13.3. The molecule has 0 saturated heterocycles. The Morgan fingerprint density at radius 1 is 1.39 bits per heavy atom. The molecule has 2 aromatic rings. The number of benzene rings is 1. The minimum atomic E-state index is 0.661. The minimum absolute atomic E-state index is 0.661. The van der Waals surface area contributed by atoms with Gasteiger partial charge in [0, 0.05) is 6.54 Å². The molecule has 96 valence electrons. The Balaban J connectivity index is 2.39. The number of halogens is 1. The molecule has 0 fully saturated rings. The number of aryl methyl sites for hydroxylation is 3. The van der Waals surface area contributed by atoms with Crippen LogP contribution in [0.4, 0.5) is 17.2 Å². The summed E-state index contributed by atoms with van der Waals surface area (Å²) in [5, 5.41) is 8.29. The van der Waals surface area contributed by atoms with E-state index in [1.807, 2.05) is 43.7 Å². The summed E-state index contributed by atoms with van der Waals surface area (Å²) in [6, 6.07) is 5.86. The van der Waals surface area contributed by atoms with Gasteiger partial charge in [-0.2, -0.15) is 5.10 Å². The normalized spacial score (nSPS) is 10.7. The maximum absolute atomic E-state index is 6.20. The first-order valence-electron chi connectivity index (χ1n) is 5.89. The highest BCUT2D eigenvalue weighted by atomic mass is 35.5. The van der Waals surface area contributed by atoms with Gasteiger partial charge in [0.15, 0.2) is 5.82 Å². The number of aromatic nitrogens is 2. The van der Waals surface area contributed by atoms with E-state index in [-0.39, 0.29) is 0 Å². The first-order valence-corrected chi connectivity index (χ1v) is 6.26. The van der Waals surface area contributed by atoms with Gasteiger partial charge >= 0.3 is 0 Å². The summed E-state index contributed by atoms with van der Waals surface area (Å²) in [5.74, 6) is 0.792. The number of hydrogen-bond acceptors (Lipinski definition) is 3. The van der Waals surface area contributed by atoms with Crippen molar-refractivity contribution in [2.24, 2.45) is 0 Å². The third-order valence-corrected chi connectivity index (χ3v) is 3.16. The maximum atomic E-state index is 6.20. The lowest BCUT2D eigenvalue weighted by Crippen LogP contribution is -2.04. The number of hydrogen-bond donors (Lipinski definition) is 2. The third kappa shape index (κ3) is 2.29. The molecule has 0 unspecified atom stereocenters. The van der Waals surface area contributed by atoms with Gasteiger partial charge in [-0.05, 0) is 38.5 Å². The number of nitrogens with zero attached hydrogens (tertiary/aromatic N) is 2. The van der Waals surface area contributed by atoms with Crippen molar-refractivity contribution in [3.8, 4) is 0 Å². The molecule has 2 rings (SSSR count). The van der Waals surface area contributed by atoms with Crippen LogP contribution in [-0.4, -0.2) is 9.78 Å². The van der Waals surface area contributed by atoms with Crippen LogP contribution in [0.25, 0.3) is 0 Å². The van der Waals surface area contributed by atoms with Crippen molar-refractivity contribution in [3.05, 3.63) is 34.5 Å². The van der Waals surface area contributed by atoms with E-state index in [9.17, 15) is 0 Å². The van der Waals surface area contributed by atoms with Crippen molar-refractivity contribution in [3.63, 3.8) is 0 Å². The zero-order valence-corrected chi connectivity index (χ0v) is 11.5. The second-order valence-electron chi connectivity index (χ2n) is 4.27. The molecular formula is C13H17ClN4. The molecule has 1 aromatic carbocycles. The van der Waals surface area contributed by atoms with E-state index in [1.165, 1.54) is 0 Å². The van der Waals surface area contributed by atoms with Crippen molar-refractivity contribution >= 4 is 28.8 Å². The van der Waals surface area contributed by atoms with Gasteiger partial charge in [0.05, 0.1) is 22.1 Å². The summed E-state index contributed by atoms with van der Waals surface area (Å²) < 4.78 is 1.83. The molecule has 0 amide bonds. The fourth-order valence-electron chi connectivity index (χ4n) is 1.81. The summed E-state index contributed by atoms with van der Waals surface area (Å²) in [6.07, 6.45) is 0. The van der Waals surface area contributed by atoms with Gasteiger partial charge in [0.1, 0.15) is 0 Å². The van der Waals surface area contributed by atoms with Crippen LogP contribution >= 0.6 is 11.6 Å². The summed E-state index contributed by atoms with van der Waals surface area (Å²) in [7, 11) is 0. The summed E-state index contributed by atoms with van der Waals surface area (Å²) in [5.41, 5.74) is 9.46. The molecule has 0 aliphatic carbocycles. The van der Waals surface area contributed by atoms with Crippen molar-refractivity contribution in [2.45, 2.75) is 27.3 Å². The average Bonchev–Trinajstić information content (AvgIpc) is 2.60. The van der Waals surface area contributed by atoms with Gasteiger partial charge in [-0.15, -0.1) is 0 Å². The fraction of sp³-hybridized carbons (Fsp3) is 0.308. The SMILES string of the molecule is CCn1nc(C)c(N)c1Nc1ccc(C)cc1Cl. The Labute approximate surface area is 112 Å². The number of rotatable bonds is 3. The van der Waals surface area contributed by atoms with Crippen LogP contribution in [0, 0.1) is 13.8 Å². The van der Waals surface area contributed by atoms with Gasteiger partial charge in [-0.3, -0.25) is 0 Å². The Morgan fingerprint density at radius 3 is 2.72 bits per heavy atom. The molecule has 0 aliphatic rings. The highest BCUT2D eigenvalue weighted by Gasteiger charge is 2.12. The van der Waals surface area contributed by atoms with Crippen LogP contribution in [0.1, 0.15) is 18.2 Å². The smallest absolute Gasteiger partial charge is 0.152 e. The Kier molecular flexibility index (Phi) is 3.48. The van der Waals surface area contributed by atoms with Crippen LogP contribution in [0.3, 0.4) is 0 Å². The van der Waals surface area contributed by atoms with Crippen molar-refractivity contribution in [2.75, 3.05) is 11.1 Å². The van der Waals surface area contributed by atoms with E-state index >= 15 is 0 Å². The van der Waals surface area contributed by atoms with Crippen LogP contribution in [0.5, 0.6) is 0 Å². The first-order chi connectivity index (χ1) is 8.52. The van der Waals surface area contributed by atoms with Gasteiger partial charge < -0.3 is 11.1 Å². The largest absolute Gasteiger partial charge is 0.394 e. The van der Waals surface area contributed by atoms with E-state index in [2.05, 4.69) is 10.4 Å². The maximum Gasteiger partial charge on any atom is 0.152 e. The van der Waals surface area contributed by atoms with Crippen molar-refractivity contribution < 1.29 is 0 Å². The molecule has 5 heteroatoms. The monoisotopic (exact) mass is 264 g/mol. The van der Waals surface area contributed by atoms with Gasteiger partial charge in [-0.1, -0.05) is 17.7 Å². The van der Waals surface area contributed by atoms with E-state index in [0.717, 1.165) is 29.3 Å².